The lowest BCUT2D eigenvalue weighted by atomic mass is 9.66. The molecule has 0 aliphatic carbocycles. The van der Waals surface area contributed by atoms with Crippen molar-refractivity contribution in [1.82, 2.24) is 14.7 Å². The van der Waals surface area contributed by atoms with Gasteiger partial charge in [0.2, 0.25) is 11.8 Å². The fourth-order valence-corrected chi connectivity index (χ4v) is 6.90. The second-order valence-electron chi connectivity index (χ2n) is 11.3. The van der Waals surface area contributed by atoms with Crippen molar-refractivity contribution in [2.45, 2.75) is 62.7 Å². The highest BCUT2D eigenvalue weighted by molar-refractivity contribution is 5.98. The largest absolute Gasteiger partial charge is 0.465 e. The van der Waals surface area contributed by atoms with E-state index >= 15 is 0 Å². The van der Waals surface area contributed by atoms with Gasteiger partial charge < -0.3 is 29.1 Å². The predicted octanol–water partition coefficient (Wildman–Crippen LogP) is 1.38. The van der Waals surface area contributed by atoms with Gasteiger partial charge in [-0.3, -0.25) is 19.3 Å². The number of aliphatic hydroxyl groups is 1. The first-order valence-electron chi connectivity index (χ1n) is 14.4. The van der Waals surface area contributed by atoms with E-state index in [1.807, 2.05) is 13.0 Å². The number of hydrogen-bond donors (Lipinski definition) is 1. The summed E-state index contributed by atoms with van der Waals surface area (Å²) in [5.41, 5.74) is -1.96. The van der Waals surface area contributed by atoms with Crippen LogP contribution < -0.4 is 0 Å². The van der Waals surface area contributed by atoms with Crippen LogP contribution >= 0.6 is 0 Å². The number of carbonyl (C=O) groups is 3. The minimum atomic E-state index is -1.09. The molecule has 4 aliphatic heterocycles. The number of morpholine rings is 1. The number of allylic oxidation sites excluding steroid dienone is 1. The number of esters is 1. The number of aliphatic hydroxyl groups excluding tert-OH is 1. The van der Waals surface area contributed by atoms with E-state index in [2.05, 4.69) is 18.1 Å². The maximum absolute atomic E-state index is 14.3. The standard InChI is InChI=1S/C29H45N3O7/c1-4-6-7-8-19-38-27(36)23-22-25(34)32(13-9-18-33)24(29(22)11-10-28(23,3)39-29)26(35)31(12-5-2)15-14-30-16-20-37-21-17-30/h4-5,22-24,33H,1-2,6-21H2,3H3/t22-,23-,24?,28+,29?/m0/s1. The Labute approximate surface area is 231 Å². The first-order chi connectivity index (χ1) is 18.8. The van der Waals surface area contributed by atoms with Gasteiger partial charge in [0.05, 0.1) is 31.3 Å². The smallest absolute Gasteiger partial charge is 0.312 e. The van der Waals surface area contributed by atoms with Crippen LogP contribution in [0.5, 0.6) is 0 Å². The lowest BCUT2D eigenvalue weighted by Crippen LogP contribution is -2.57. The molecule has 0 aromatic heterocycles. The third-order valence-electron chi connectivity index (χ3n) is 8.82. The quantitative estimate of drug-likeness (QED) is 0.186. The average molecular weight is 548 g/mol. The van der Waals surface area contributed by atoms with Gasteiger partial charge in [-0.25, -0.2) is 0 Å². The molecule has 0 aromatic rings. The number of carbonyl (C=O) groups excluding carboxylic acids is 3. The summed E-state index contributed by atoms with van der Waals surface area (Å²) >= 11 is 0. The minimum absolute atomic E-state index is 0.107. The molecule has 4 aliphatic rings. The summed E-state index contributed by atoms with van der Waals surface area (Å²) in [6, 6.07) is -0.863. The van der Waals surface area contributed by atoms with Gasteiger partial charge in [0.15, 0.2) is 0 Å². The minimum Gasteiger partial charge on any atom is -0.465 e. The zero-order chi connectivity index (χ0) is 28.0. The van der Waals surface area contributed by atoms with Crippen molar-refractivity contribution in [2.24, 2.45) is 11.8 Å². The van der Waals surface area contributed by atoms with Crippen LogP contribution in [0.2, 0.25) is 0 Å². The molecule has 2 amide bonds. The number of amides is 2. The van der Waals surface area contributed by atoms with E-state index in [0.717, 1.165) is 32.4 Å². The molecule has 4 saturated heterocycles. The molecular weight excluding hydrogens is 502 g/mol. The van der Waals surface area contributed by atoms with Crippen molar-refractivity contribution in [3.63, 3.8) is 0 Å². The Morgan fingerprint density at radius 1 is 1.15 bits per heavy atom. The van der Waals surface area contributed by atoms with Gasteiger partial charge in [-0.15, -0.1) is 13.2 Å². The highest BCUT2D eigenvalue weighted by atomic mass is 16.6. The molecule has 4 heterocycles. The number of unbranched alkanes of at least 4 members (excludes halogenated alkanes) is 2. The fraction of sp³-hybridized carbons (Fsp3) is 0.759. The molecule has 1 N–H and O–H groups in total. The molecule has 10 nitrogen and oxygen atoms in total. The van der Waals surface area contributed by atoms with Gasteiger partial charge in [-0.05, 0) is 45.4 Å². The molecule has 10 heteroatoms. The van der Waals surface area contributed by atoms with Crippen molar-refractivity contribution in [2.75, 3.05) is 65.7 Å². The van der Waals surface area contributed by atoms with Gasteiger partial charge in [0, 0.05) is 45.9 Å². The zero-order valence-electron chi connectivity index (χ0n) is 23.4. The molecule has 5 atom stereocenters. The maximum atomic E-state index is 14.3. The number of hydrogen-bond acceptors (Lipinski definition) is 8. The summed E-state index contributed by atoms with van der Waals surface area (Å²) in [6.45, 7) is 14.3. The number of likely N-dealkylation sites (tertiary alicyclic amines) is 1. The van der Waals surface area contributed by atoms with Crippen molar-refractivity contribution >= 4 is 17.8 Å². The lowest BCUT2D eigenvalue weighted by molar-refractivity contribution is -0.160. The molecule has 1 spiro atoms. The van der Waals surface area contributed by atoms with E-state index in [9.17, 15) is 19.5 Å². The predicted molar refractivity (Wildman–Crippen MR) is 145 cm³/mol. The Hall–Kier alpha value is -2.27. The van der Waals surface area contributed by atoms with Crippen molar-refractivity contribution in [3.05, 3.63) is 25.3 Å². The zero-order valence-corrected chi connectivity index (χ0v) is 23.4. The average Bonchev–Trinajstić information content (AvgIpc) is 3.50. The van der Waals surface area contributed by atoms with Crippen LogP contribution in [-0.2, 0) is 28.6 Å². The molecule has 0 radical (unpaired) electrons. The summed E-state index contributed by atoms with van der Waals surface area (Å²) in [5, 5.41) is 9.56. The molecule has 2 unspecified atom stereocenters. The van der Waals surface area contributed by atoms with E-state index in [4.69, 9.17) is 14.2 Å². The third-order valence-corrected chi connectivity index (χ3v) is 8.82. The van der Waals surface area contributed by atoms with E-state index in [1.165, 1.54) is 0 Å². The molecule has 4 fully saturated rings. The second-order valence-corrected chi connectivity index (χ2v) is 11.3. The van der Waals surface area contributed by atoms with Crippen molar-refractivity contribution < 1.29 is 33.7 Å². The molecule has 2 bridgehead atoms. The Bertz CT molecular complexity index is 923. The number of fused-ring (bicyclic) bond motifs is 1. The molecule has 0 aromatic carbocycles. The third kappa shape index (κ3) is 5.80. The lowest BCUT2D eigenvalue weighted by Gasteiger charge is -2.37. The van der Waals surface area contributed by atoms with Gasteiger partial charge in [0.25, 0.3) is 0 Å². The normalized spacial score (nSPS) is 31.8. The molecular formula is C29H45N3O7. The monoisotopic (exact) mass is 547 g/mol. The van der Waals surface area contributed by atoms with E-state index in [1.54, 1.807) is 15.9 Å². The van der Waals surface area contributed by atoms with Crippen LogP contribution in [0, 0.1) is 11.8 Å². The second kappa shape index (κ2) is 12.9. The Kier molecular flexibility index (Phi) is 9.85. The summed E-state index contributed by atoms with van der Waals surface area (Å²) < 4.78 is 17.8. The summed E-state index contributed by atoms with van der Waals surface area (Å²) in [4.78, 5) is 47.2. The van der Waals surface area contributed by atoms with Gasteiger partial charge in [-0.1, -0.05) is 12.2 Å². The van der Waals surface area contributed by atoms with Crippen molar-refractivity contribution in [1.29, 1.82) is 0 Å². The molecule has 4 rings (SSSR count). The van der Waals surface area contributed by atoms with Gasteiger partial charge >= 0.3 is 5.97 Å². The van der Waals surface area contributed by atoms with Crippen LogP contribution in [0.4, 0.5) is 0 Å². The van der Waals surface area contributed by atoms with E-state index in [0.29, 0.717) is 52.1 Å². The van der Waals surface area contributed by atoms with Crippen LogP contribution in [-0.4, -0.2) is 121 Å². The van der Waals surface area contributed by atoms with Crippen LogP contribution in [0.15, 0.2) is 25.3 Å². The summed E-state index contributed by atoms with van der Waals surface area (Å²) in [6.07, 6.45) is 7.39. The topological polar surface area (TPSA) is 109 Å². The van der Waals surface area contributed by atoms with Crippen LogP contribution in [0.3, 0.4) is 0 Å². The molecule has 0 saturated carbocycles. The van der Waals surface area contributed by atoms with Crippen LogP contribution in [0.25, 0.3) is 0 Å². The SMILES string of the molecule is C=CCCCCOC(=O)[C@@H]1[C@H]2C(=O)N(CCCO)C(C(=O)N(CC=C)CCN3CCOCC3)C23CC[C@@]1(C)O3. The Morgan fingerprint density at radius 3 is 2.62 bits per heavy atom. The molecule has 39 heavy (non-hydrogen) atoms. The van der Waals surface area contributed by atoms with E-state index in [-0.39, 0.29) is 31.6 Å². The first-order valence-corrected chi connectivity index (χ1v) is 14.4. The first kappa shape index (κ1) is 29.7. The highest BCUT2D eigenvalue weighted by Gasteiger charge is 2.78. The van der Waals surface area contributed by atoms with Gasteiger partial charge in [0.1, 0.15) is 17.6 Å². The summed E-state index contributed by atoms with van der Waals surface area (Å²) in [5.74, 6) is -2.44. The van der Waals surface area contributed by atoms with Crippen molar-refractivity contribution in [3.8, 4) is 0 Å². The number of ether oxygens (including phenoxy) is 3. The number of nitrogens with zero attached hydrogens (tertiary/aromatic N) is 3. The highest BCUT2D eigenvalue weighted by Crippen LogP contribution is 2.63. The van der Waals surface area contributed by atoms with E-state index < -0.39 is 35.0 Å². The summed E-state index contributed by atoms with van der Waals surface area (Å²) in [7, 11) is 0. The van der Waals surface area contributed by atoms with Gasteiger partial charge in [-0.2, -0.15) is 0 Å². The van der Waals surface area contributed by atoms with Crippen LogP contribution in [0.1, 0.15) is 45.4 Å². The number of rotatable bonds is 15. The maximum Gasteiger partial charge on any atom is 0.312 e. The Balaban J connectivity index is 1.57. The molecule has 218 valence electrons. The fourth-order valence-electron chi connectivity index (χ4n) is 6.90. The Morgan fingerprint density at radius 2 is 1.92 bits per heavy atom.